The lowest BCUT2D eigenvalue weighted by Gasteiger charge is -2.31. The van der Waals surface area contributed by atoms with E-state index in [1.807, 2.05) is 0 Å². The van der Waals surface area contributed by atoms with Gasteiger partial charge in [-0.1, -0.05) is 13.8 Å². The Kier molecular flexibility index (Phi) is 4.23. The van der Waals surface area contributed by atoms with Crippen LogP contribution in [-0.4, -0.2) is 31.2 Å². The van der Waals surface area contributed by atoms with Gasteiger partial charge in [0.15, 0.2) is 0 Å². The van der Waals surface area contributed by atoms with E-state index in [0.717, 1.165) is 37.8 Å². The highest BCUT2D eigenvalue weighted by molar-refractivity contribution is 5.67. The fourth-order valence-corrected chi connectivity index (χ4v) is 2.15. The molecular weight excluding hydrogens is 178 g/mol. The zero-order valence-corrected chi connectivity index (χ0v) is 9.45. The van der Waals surface area contributed by atoms with E-state index in [1.165, 1.54) is 13.5 Å². The van der Waals surface area contributed by atoms with Gasteiger partial charge in [-0.3, -0.25) is 0 Å². The Morgan fingerprint density at radius 2 is 2.00 bits per heavy atom. The molecule has 0 aromatic rings. The summed E-state index contributed by atoms with van der Waals surface area (Å²) < 4.78 is 4.69. The molecule has 0 aliphatic carbocycles. The molecule has 0 spiro atoms. The van der Waals surface area contributed by atoms with E-state index >= 15 is 0 Å². The predicted molar refractivity (Wildman–Crippen MR) is 56.2 cm³/mol. The van der Waals surface area contributed by atoms with Gasteiger partial charge in [0.05, 0.1) is 7.11 Å². The highest BCUT2D eigenvalue weighted by Gasteiger charge is 2.23. The molecule has 0 atom stereocenters. The predicted octanol–water partition coefficient (Wildman–Crippen LogP) is 2.51. The molecule has 1 aliphatic heterocycles. The smallest absolute Gasteiger partial charge is 0.409 e. The third-order valence-electron chi connectivity index (χ3n) is 2.85. The molecule has 3 nitrogen and oxygen atoms in total. The maximum Gasteiger partial charge on any atom is 0.409 e. The van der Waals surface area contributed by atoms with E-state index in [2.05, 4.69) is 13.8 Å². The number of hydrogen-bond acceptors (Lipinski definition) is 2. The van der Waals surface area contributed by atoms with Crippen molar-refractivity contribution >= 4 is 6.09 Å². The van der Waals surface area contributed by atoms with E-state index in [-0.39, 0.29) is 6.09 Å². The molecule has 1 saturated heterocycles. The number of carbonyl (C=O) groups excluding carboxylic acids is 1. The van der Waals surface area contributed by atoms with Crippen LogP contribution < -0.4 is 0 Å². The molecule has 0 N–H and O–H groups in total. The second-order valence-electron chi connectivity index (χ2n) is 4.53. The molecule has 0 bridgehead atoms. The molecule has 0 aromatic carbocycles. The van der Waals surface area contributed by atoms with Crippen molar-refractivity contribution in [1.29, 1.82) is 0 Å². The van der Waals surface area contributed by atoms with Gasteiger partial charge in [-0.2, -0.15) is 0 Å². The molecule has 14 heavy (non-hydrogen) atoms. The minimum atomic E-state index is -0.173. The first-order valence-corrected chi connectivity index (χ1v) is 5.46. The number of amides is 1. The third kappa shape index (κ3) is 3.20. The third-order valence-corrected chi connectivity index (χ3v) is 2.85. The van der Waals surface area contributed by atoms with Crippen molar-refractivity contribution < 1.29 is 9.53 Å². The lowest BCUT2D eigenvalue weighted by Crippen LogP contribution is -2.38. The van der Waals surface area contributed by atoms with Crippen molar-refractivity contribution in [3.05, 3.63) is 0 Å². The lowest BCUT2D eigenvalue weighted by atomic mass is 9.89. The second-order valence-corrected chi connectivity index (χ2v) is 4.53. The summed E-state index contributed by atoms with van der Waals surface area (Å²) in [7, 11) is 1.45. The van der Waals surface area contributed by atoms with Crippen molar-refractivity contribution in [3.63, 3.8) is 0 Å². The minimum Gasteiger partial charge on any atom is -0.453 e. The van der Waals surface area contributed by atoms with E-state index in [4.69, 9.17) is 4.74 Å². The largest absolute Gasteiger partial charge is 0.453 e. The van der Waals surface area contributed by atoms with Gasteiger partial charge in [0, 0.05) is 13.1 Å². The summed E-state index contributed by atoms with van der Waals surface area (Å²) in [5, 5.41) is 0. The van der Waals surface area contributed by atoms with Crippen LogP contribution in [0.4, 0.5) is 4.79 Å². The summed E-state index contributed by atoms with van der Waals surface area (Å²) in [6, 6.07) is 0. The standard InChI is InChI=1S/C11H21NO2/c1-9(2)8-10-4-6-12(7-5-10)11(13)14-3/h9-10H,4-8H2,1-3H3. The maximum absolute atomic E-state index is 11.2. The Balaban J connectivity index is 2.27. The van der Waals surface area contributed by atoms with Gasteiger partial charge in [0.2, 0.25) is 0 Å². The van der Waals surface area contributed by atoms with Gasteiger partial charge in [-0.15, -0.1) is 0 Å². The molecule has 0 saturated carbocycles. The van der Waals surface area contributed by atoms with Crippen LogP contribution in [0.1, 0.15) is 33.1 Å². The summed E-state index contributed by atoms with van der Waals surface area (Å²) in [6.45, 7) is 6.24. The second kappa shape index (κ2) is 5.23. The normalized spacial score (nSPS) is 18.7. The van der Waals surface area contributed by atoms with Crippen LogP contribution in [0.2, 0.25) is 0 Å². The Bertz CT molecular complexity index is 184. The fraction of sp³-hybridized carbons (Fsp3) is 0.909. The molecular formula is C11H21NO2. The molecule has 0 radical (unpaired) electrons. The van der Waals surface area contributed by atoms with Crippen LogP contribution in [0, 0.1) is 11.8 Å². The highest BCUT2D eigenvalue weighted by Crippen LogP contribution is 2.24. The first-order chi connectivity index (χ1) is 6.63. The van der Waals surface area contributed by atoms with E-state index < -0.39 is 0 Å². The van der Waals surface area contributed by atoms with Crippen LogP contribution in [0.25, 0.3) is 0 Å². The average molecular weight is 199 g/mol. The summed E-state index contributed by atoms with van der Waals surface area (Å²) in [4.78, 5) is 13.0. The molecule has 1 fully saturated rings. The van der Waals surface area contributed by atoms with E-state index in [0.29, 0.717) is 0 Å². The van der Waals surface area contributed by atoms with Crippen LogP contribution in [-0.2, 0) is 4.74 Å². The van der Waals surface area contributed by atoms with Crippen molar-refractivity contribution in [3.8, 4) is 0 Å². The van der Waals surface area contributed by atoms with Gasteiger partial charge < -0.3 is 9.64 Å². The summed E-state index contributed by atoms with van der Waals surface area (Å²) >= 11 is 0. The first-order valence-electron chi connectivity index (χ1n) is 5.46. The van der Waals surface area contributed by atoms with E-state index in [1.54, 1.807) is 4.90 Å². The molecule has 1 heterocycles. The Labute approximate surface area is 86.4 Å². The molecule has 3 heteroatoms. The van der Waals surface area contributed by atoms with Crippen LogP contribution in [0.5, 0.6) is 0 Å². The monoisotopic (exact) mass is 199 g/mol. The van der Waals surface area contributed by atoms with Crippen LogP contribution >= 0.6 is 0 Å². The van der Waals surface area contributed by atoms with Crippen molar-refractivity contribution in [2.75, 3.05) is 20.2 Å². The van der Waals surface area contributed by atoms with Crippen molar-refractivity contribution in [1.82, 2.24) is 4.90 Å². The number of likely N-dealkylation sites (tertiary alicyclic amines) is 1. The van der Waals surface area contributed by atoms with Gasteiger partial charge in [0.25, 0.3) is 0 Å². The molecule has 0 aromatic heterocycles. The number of hydrogen-bond donors (Lipinski definition) is 0. The van der Waals surface area contributed by atoms with Gasteiger partial charge >= 0.3 is 6.09 Å². The first kappa shape index (κ1) is 11.3. The molecule has 1 amide bonds. The van der Waals surface area contributed by atoms with Gasteiger partial charge in [-0.25, -0.2) is 4.79 Å². The van der Waals surface area contributed by atoms with Crippen LogP contribution in [0.15, 0.2) is 0 Å². The maximum atomic E-state index is 11.2. The number of nitrogens with zero attached hydrogens (tertiary/aromatic N) is 1. The van der Waals surface area contributed by atoms with Gasteiger partial charge in [-0.05, 0) is 31.1 Å². The van der Waals surface area contributed by atoms with Gasteiger partial charge in [0.1, 0.15) is 0 Å². The molecule has 1 aliphatic rings. The number of methoxy groups -OCH3 is 1. The number of ether oxygens (including phenoxy) is 1. The van der Waals surface area contributed by atoms with E-state index in [9.17, 15) is 4.79 Å². The molecule has 82 valence electrons. The van der Waals surface area contributed by atoms with Crippen molar-refractivity contribution in [2.45, 2.75) is 33.1 Å². The summed E-state index contributed by atoms with van der Waals surface area (Å²) in [5.74, 6) is 1.57. The Hall–Kier alpha value is -0.730. The minimum absolute atomic E-state index is 0.173. The molecule has 0 unspecified atom stereocenters. The summed E-state index contributed by atoms with van der Waals surface area (Å²) in [5.41, 5.74) is 0. The summed E-state index contributed by atoms with van der Waals surface area (Å²) in [6.07, 6.45) is 3.38. The lowest BCUT2D eigenvalue weighted by molar-refractivity contribution is 0.103. The van der Waals surface area contributed by atoms with Crippen molar-refractivity contribution in [2.24, 2.45) is 11.8 Å². The quantitative estimate of drug-likeness (QED) is 0.684. The number of carbonyl (C=O) groups is 1. The number of rotatable bonds is 2. The Morgan fingerprint density at radius 1 is 1.43 bits per heavy atom. The SMILES string of the molecule is COC(=O)N1CCC(CC(C)C)CC1. The highest BCUT2D eigenvalue weighted by atomic mass is 16.5. The fourth-order valence-electron chi connectivity index (χ4n) is 2.15. The Morgan fingerprint density at radius 3 is 2.43 bits per heavy atom. The topological polar surface area (TPSA) is 29.5 Å². The average Bonchev–Trinajstić information content (AvgIpc) is 2.17. The zero-order chi connectivity index (χ0) is 10.6. The molecule has 1 rings (SSSR count). The zero-order valence-electron chi connectivity index (χ0n) is 9.45. The van der Waals surface area contributed by atoms with Crippen LogP contribution in [0.3, 0.4) is 0 Å². The number of piperidine rings is 1.